The van der Waals surface area contributed by atoms with Gasteiger partial charge in [0.25, 0.3) is 0 Å². The Kier molecular flexibility index (Phi) is 5.03. The molecule has 0 amide bonds. The highest BCUT2D eigenvalue weighted by Crippen LogP contribution is 2.71. The monoisotopic (exact) mass is 444 g/mol. The van der Waals surface area contributed by atoms with Crippen molar-refractivity contribution in [3.63, 3.8) is 0 Å². The number of methoxy groups -OCH3 is 1. The van der Waals surface area contributed by atoms with Gasteiger partial charge >= 0.3 is 0 Å². The van der Waals surface area contributed by atoms with Crippen molar-refractivity contribution >= 4 is 0 Å². The maximum atomic E-state index is 6.98. The number of hydrogen-bond donors (Lipinski definition) is 0. The van der Waals surface area contributed by atoms with Crippen molar-refractivity contribution in [3.8, 4) is 0 Å². The molecule has 0 aromatic heterocycles. The number of fused-ring (bicyclic) bond motifs is 7. The Morgan fingerprint density at radius 2 is 1.59 bits per heavy atom. The van der Waals surface area contributed by atoms with Gasteiger partial charge in [0.15, 0.2) is 5.79 Å². The summed E-state index contributed by atoms with van der Waals surface area (Å²) in [5.41, 5.74) is 1.28. The van der Waals surface area contributed by atoms with Gasteiger partial charge in [-0.2, -0.15) is 0 Å². The quantitative estimate of drug-likeness (QED) is 0.443. The molecule has 11 atom stereocenters. The molecule has 0 bridgehead atoms. The van der Waals surface area contributed by atoms with E-state index < -0.39 is 0 Å². The van der Waals surface area contributed by atoms with Crippen LogP contribution in [0.4, 0.5) is 0 Å². The second-order valence-corrected chi connectivity index (χ2v) is 14.3. The third-order valence-corrected chi connectivity index (χ3v) is 12.5. The number of rotatable bonds is 1. The molecule has 4 saturated carbocycles. The van der Waals surface area contributed by atoms with Crippen LogP contribution in [0.3, 0.4) is 0 Å². The molecule has 4 aliphatic carbocycles. The Bertz CT molecular complexity index is 737. The summed E-state index contributed by atoms with van der Waals surface area (Å²) < 4.78 is 19.4. The smallest absolute Gasteiger partial charge is 0.171 e. The maximum absolute atomic E-state index is 6.98. The molecule has 0 N–H and O–H groups in total. The van der Waals surface area contributed by atoms with Gasteiger partial charge in [-0.25, -0.2) is 0 Å². The predicted octanol–water partition coefficient (Wildman–Crippen LogP) is 6.84. The fourth-order valence-corrected chi connectivity index (χ4v) is 10.5. The summed E-state index contributed by atoms with van der Waals surface area (Å²) in [6, 6.07) is 0. The van der Waals surface area contributed by atoms with Crippen LogP contribution in [0.1, 0.15) is 98.8 Å². The van der Waals surface area contributed by atoms with E-state index in [0.717, 1.165) is 36.7 Å². The van der Waals surface area contributed by atoms with Gasteiger partial charge in [-0.15, -0.1) is 0 Å². The van der Waals surface area contributed by atoms with Crippen LogP contribution >= 0.6 is 0 Å². The largest absolute Gasteiger partial charge is 0.381 e. The van der Waals surface area contributed by atoms with E-state index in [1.165, 1.54) is 57.8 Å². The second-order valence-electron chi connectivity index (χ2n) is 14.3. The van der Waals surface area contributed by atoms with Crippen molar-refractivity contribution in [1.29, 1.82) is 0 Å². The van der Waals surface area contributed by atoms with Gasteiger partial charge in [-0.1, -0.05) is 34.6 Å². The van der Waals surface area contributed by atoms with Crippen LogP contribution in [-0.4, -0.2) is 31.7 Å². The molecule has 1 spiro atoms. The Labute approximate surface area is 196 Å². The van der Waals surface area contributed by atoms with E-state index in [-0.39, 0.29) is 5.79 Å². The van der Waals surface area contributed by atoms with Crippen LogP contribution in [0, 0.1) is 51.8 Å². The minimum atomic E-state index is -0.294. The van der Waals surface area contributed by atoms with Gasteiger partial charge in [0.1, 0.15) is 0 Å². The van der Waals surface area contributed by atoms with Crippen molar-refractivity contribution in [1.82, 2.24) is 0 Å². The first-order valence-electron chi connectivity index (χ1n) is 14.0. The average Bonchev–Trinajstić information content (AvgIpc) is 3.20. The zero-order chi connectivity index (χ0) is 22.5. The zero-order valence-corrected chi connectivity index (χ0v) is 21.6. The molecule has 6 rings (SSSR count). The van der Waals surface area contributed by atoms with Gasteiger partial charge < -0.3 is 14.2 Å². The Morgan fingerprint density at radius 3 is 2.31 bits per heavy atom. The zero-order valence-electron chi connectivity index (χ0n) is 21.6. The van der Waals surface area contributed by atoms with Crippen molar-refractivity contribution in [3.05, 3.63) is 0 Å². The van der Waals surface area contributed by atoms with Crippen LogP contribution in [0.15, 0.2) is 0 Å². The van der Waals surface area contributed by atoms with E-state index in [1.54, 1.807) is 0 Å². The molecule has 6 aliphatic rings. The van der Waals surface area contributed by atoms with E-state index in [4.69, 9.17) is 14.2 Å². The molecular formula is C29H48O3. The first-order valence-corrected chi connectivity index (χ1v) is 14.0. The average molecular weight is 445 g/mol. The predicted molar refractivity (Wildman–Crippen MR) is 127 cm³/mol. The fourth-order valence-electron chi connectivity index (χ4n) is 10.5. The molecule has 0 aromatic carbocycles. The molecule has 2 saturated heterocycles. The number of hydrogen-bond acceptors (Lipinski definition) is 3. The molecule has 2 heterocycles. The summed E-state index contributed by atoms with van der Waals surface area (Å²) in [7, 11) is 1.92. The molecule has 32 heavy (non-hydrogen) atoms. The van der Waals surface area contributed by atoms with Gasteiger partial charge in [0, 0.05) is 19.4 Å². The molecular weight excluding hydrogens is 396 g/mol. The van der Waals surface area contributed by atoms with E-state index in [0.29, 0.717) is 40.3 Å². The third-order valence-electron chi connectivity index (χ3n) is 12.5. The summed E-state index contributed by atoms with van der Waals surface area (Å²) in [6.45, 7) is 13.4. The van der Waals surface area contributed by atoms with Gasteiger partial charge in [0.05, 0.1) is 18.8 Å². The van der Waals surface area contributed by atoms with Crippen LogP contribution in [0.2, 0.25) is 0 Å². The lowest BCUT2D eigenvalue weighted by atomic mass is 9.44. The highest BCUT2D eigenvalue weighted by Gasteiger charge is 2.69. The molecule has 2 aliphatic heterocycles. The molecule has 182 valence electrons. The molecule has 3 nitrogen and oxygen atoms in total. The Balaban J connectivity index is 1.23. The maximum Gasteiger partial charge on any atom is 0.171 e. The van der Waals surface area contributed by atoms with Crippen LogP contribution in [0.5, 0.6) is 0 Å². The van der Waals surface area contributed by atoms with Gasteiger partial charge in [0.2, 0.25) is 0 Å². The second kappa shape index (κ2) is 7.20. The fraction of sp³-hybridized carbons (Fsp3) is 1.00. The summed E-state index contributed by atoms with van der Waals surface area (Å²) in [6.07, 6.45) is 14.2. The lowest BCUT2D eigenvalue weighted by Crippen LogP contribution is -2.55. The van der Waals surface area contributed by atoms with Crippen LogP contribution < -0.4 is 0 Å². The molecule has 3 heteroatoms. The summed E-state index contributed by atoms with van der Waals surface area (Å²) >= 11 is 0. The van der Waals surface area contributed by atoms with Crippen molar-refractivity contribution < 1.29 is 14.2 Å². The first kappa shape index (κ1) is 22.4. The topological polar surface area (TPSA) is 27.7 Å². The van der Waals surface area contributed by atoms with Gasteiger partial charge in [-0.3, -0.25) is 0 Å². The summed E-state index contributed by atoms with van der Waals surface area (Å²) in [4.78, 5) is 0. The molecule has 0 radical (unpaired) electrons. The van der Waals surface area contributed by atoms with Crippen molar-refractivity contribution in [2.75, 3.05) is 13.7 Å². The standard InChI is InChI=1S/C29H48O3/c1-18-25-24(32-29(18)14-13-26(2,3)17-31-29)16-23-21-8-7-19-15-20(30-6)9-11-27(19,4)22(21)10-12-28(23,25)5/h18-25H,7-17H2,1-6H3/t18-,19-,20+,21?,22?,23?,24?,25?,27+,28+,29-/m1/s1. The Hall–Kier alpha value is -0.120. The molecule has 5 unspecified atom stereocenters. The third kappa shape index (κ3) is 2.95. The highest BCUT2D eigenvalue weighted by atomic mass is 16.7. The van der Waals surface area contributed by atoms with E-state index in [9.17, 15) is 0 Å². The first-order chi connectivity index (χ1) is 15.1. The highest BCUT2D eigenvalue weighted by molar-refractivity contribution is 5.15. The van der Waals surface area contributed by atoms with E-state index in [1.807, 2.05) is 7.11 Å². The van der Waals surface area contributed by atoms with Crippen molar-refractivity contribution in [2.45, 2.75) is 117 Å². The summed E-state index contributed by atoms with van der Waals surface area (Å²) in [5.74, 6) is 4.49. The van der Waals surface area contributed by atoms with E-state index >= 15 is 0 Å². The SMILES string of the molecule is CO[C@H]1CC[C@]2(C)C3CC[C@@]4(C)C(CC5O[C@]6(CCC(C)(C)CO6)[C@H](C)C54)C3CC[C@@H]2C1. The minimum absolute atomic E-state index is 0.294. The lowest BCUT2D eigenvalue weighted by Gasteiger charge is -2.61. The lowest BCUT2D eigenvalue weighted by molar-refractivity contribution is -0.283. The van der Waals surface area contributed by atoms with Crippen molar-refractivity contribution in [2.24, 2.45) is 51.8 Å². The minimum Gasteiger partial charge on any atom is -0.381 e. The normalized spacial score (nSPS) is 58.7. The Morgan fingerprint density at radius 1 is 0.812 bits per heavy atom. The molecule has 0 aromatic rings. The van der Waals surface area contributed by atoms with Crippen LogP contribution in [0.25, 0.3) is 0 Å². The van der Waals surface area contributed by atoms with Crippen LogP contribution in [-0.2, 0) is 14.2 Å². The van der Waals surface area contributed by atoms with Gasteiger partial charge in [-0.05, 0) is 104 Å². The molecule has 6 fully saturated rings. The summed E-state index contributed by atoms with van der Waals surface area (Å²) in [5, 5.41) is 0. The van der Waals surface area contributed by atoms with E-state index in [2.05, 4.69) is 34.6 Å². The number of ether oxygens (including phenoxy) is 3.